The lowest BCUT2D eigenvalue weighted by atomic mass is 9.90. The summed E-state index contributed by atoms with van der Waals surface area (Å²) in [5.74, 6) is -1.62. The highest BCUT2D eigenvalue weighted by atomic mass is 32.2. The Hall–Kier alpha value is -2.66. The predicted octanol–water partition coefficient (Wildman–Crippen LogP) is 3.47. The van der Waals surface area contributed by atoms with Gasteiger partial charge in [-0.15, -0.1) is 0 Å². The van der Waals surface area contributed by atoms with Crippen molar-refractivity contribution in [3.05, 3.63) is 54.1 Å². The summed E-state index contributed by atoms with van der Waals surface area (Å²) in [5.41, 5.74) is 0.917. The smallest absolute Gasteiger partial charge is 0.306 e. The number of aliphatic hydroxyl groups excluding tert-OH is 1. The first-order valence-corrected chi connectivity index (χ1v) is 15.0. The first-order chi connectivity index (χ1) is 18.5. The van der Waals surface area contributed by atoms with Crippen molar-refractivity contribution in [2.45, 2.75) is 69.2 Å². The van der Waals surface area contributed by atoms with E-state index in [1.165, 1.54) is 10.4 Å². The van der Waals surface area contributed by atoms with E-state index in [9.17, 15) is 28.5 Å². The highest BCUT2D eigenvalue weighted by Gasteiger charge is 2.40. The van der Waals surface area contributed by atoms with Crippen LogP contribution in [0, 0.1) is 17.8 Å². The molecule has 9 nitrogen and oxygen atoms in total. The molecule has 4 rings (SSSR count). The van der Waals surface area contributed by atoms with Crippen LogP contribution in [0.1, 0.15) is 45.1 Å². The van der Waals surface area contributed by atoms with Crippen LogP contribution >= 0.6 is 0 Å². The van der Waals surface area contributed by atoms with Crippen LogP contribution in [0.2, 0.25) is 0 Å². The fourth-order valence-corrected chi connectivity index (χ4v) is 7.21. The third-order valence-electron chi connectivity index (χ3n) is 7.56. The molecule has 2 aromatic carbocycles. The zero-order valence-electron chi connectivity index (χ0n) is 22.5. The Bertz CT molecular complexity index is 1210. The minimum absolute atomic E-state index is 0.0562. The molecule has 1 heterocycles. The lowest BCUT2D eigenvalue weighted by Crippen LogP contribution is -2.43. The van der Waals surface area contributed by atoms with E-state index in [1.54, 1.807) is 0 Å². The van der Waals surface area contributed by atoms with Crippen molar-refractivity contribution in [1.29, 1.82) is 0 Å². The van der Waals surface area contributed by atoms with E-state index in [0.717, 1.165) is 37.1 Å². The van der Waals surface area contributed by atoms with Crippen molar-refractivity contribution < 1.29 is 38.0 Å². The molecule has 10 heteroatoms. The van der Waals surface area contributed by atoms with Gasteiger partial charge in [0.1, 0.15) is 6.10 Å². The Morgan fingerprint density at radius 2 is 1.82 bits per heavy atom. The first kappa shape index (κ1) is 29.3. The van der Waals surface area contributed by atoms with Gasteiger partial charge in [-0.1, -0.05) is 44.2 Å². The molecule has 1 saturated carbocycles. The van der Waals surface area contributed by atoms with Crippen molar-refractivity contribution >= 4 is 16.0 Å². The number of phenolic OH excluding ortho intramolecular Hbond substituents is 2. The Balaban J connectivity index is 1.50. The maximum atomic E-state index is 13.5. The third-order valence-corrected chi connectivity index (χ3v) is 9.39. The number of aliphatic hydroxyl groups is 1. The van der Waals surface area contributed by atoms with Crippen LogP contribution in [0.4, 0.5) is 0 Å². The van der Waals surface area contributed by atoms with Crippen LogP contribution < -0.4 is 0 Å². The van der Waals surface area contributed by atoms with Crippen LogP contribution in [-0.4, -0.2) is 72.0 Å². The van der Waals surface area contributed by atoms with Gasteiger partial charge < -0.3 is 24.8 Å². The lowest BCUT2D eigenvalue weighted by Gasteiger charge is -2.30. The van der Waals surface area contributed by atoms with Gasteiger partial charge >= 0.3 is 5.97 Å². The minimum Gasteiger partial charge on any atom is -0.504 e. The molecule has 39 heavy (non-hydrogen) atoms. The largest absolute Gasteiger partial charge is 0.504 e. The molecule has 2 aliphatic rings. The fourth-order valence-electron chi connectivity index (χ4n) is 5.57. The molecule has 1 aliphatic carbocycles. The number of aromatic hydroxyl groups is 2. The zero-order chi connectivity index (χ0) is 28.2. The molecule has 3 N–H and O–H groups in total. The van der Waals surface area contributed by atoms with Crippen molar-refractivity contribution in [1.82, 2.24) is 4.31 Å². The van der Waals surface area contributed by atoms with Gasteiger partial charge in [0.15, 0.2) is 11.5 Å². The Morgan fingerprint density at radius 1 is 1.08 bits per heavy atom. The highest BCUT2D eigenvalue weighted by molar-refractivity contribution is 7.89. The molecule has 1 saturated heterocycles. The molecule has 0 radical (unpaired) electrons. The number of hydrogen-bond acceptors (Lipinski definition) is 8. The van der Waals surface area contributed by atoms with Gasteiger partial charge in [0.05, 0.1) is 23.5 Å². The zero-order valence-corrected chi connectivity index (χ0v) is 23.3. The summed E-state index contributed by atoms with van der Waals surface area (Å²) in [6.45, 7) is 4.36. The van der Waals surface area contributed by atoms with E-state index in [-0.39, 0.29) is 42.5 Å². The van der Waals surface area contributed by atoms with Gasteiger partial charge in [-0.05, 0) is 48.8 Å². The number of carbonyl (C=O) groups excluding carboxylic acids is 1. The molecule has 2 fully saturated rings. The van der Waals surface area contributed by atoms with E-state index in [4.69, 9.17) is 9.47 Å². The molecule has 0 spiro atoms. The van der Waals surface area contributed by atoms with E-state index < -0.39 is 39.5 Å². The number of carbonyl (C=O) groups is 1. The normalized spacial score (nSPS) is 22.6. The molecule has 0 amide bonds. The van der Waals surface area contributed by atoms with E-state index in [0.29, 0.717) is 18.8 Å². The second kappa shape index (κ2) is 12.7. The van der Waals surface area contributed by atoms with E-state index in [2.05, 4.69) is 0 Å². The number of sulfonamides is 1. The summed E-state index contributed by atoms with van der Waals surface area (Å²) < 4.78 is 39.7. The predicted molar refractivity (Wildman–Crippen MR) is 145 cm³/mol. The summed E-state index contributed by atoms with van der Waals surface area (Å²) in [4.78, 5) is 12.8. The van der Waals surface area contributed by atoms with Gasteiger partial charge in [0, 0.05) is 38.1 Å². The van der Waals surface area contributed by atoms with Crippen LogP contribution in [0.15, 0.2) is 53.4 Å². The number of ether oxygens (including phenoxy) is 2. The topological polar surface area (TPSA) is 134 Å². The third kappa shape index (κ3) is 7.51. The second-order valence-electron chi connectivity index (χ2n) is 11.1. The molecule has 1 aliphatic heterocycles. The van der Waals surface area contributed by atoms with Gasteiger partial charge in [0.2, 0.25) is 10.0 Å². The van der Waals surface area contributed by atoms with Gasteiger partial charge in [-0.2, -0.15) is 4.31 Å². The number of esters is 1. The van der Waals surface area contributed by atoms with Crippen molar-refractivity contribution in [2.24, 2.45) is 17.8 Å². The summed E-state index contributed by atoms with van der Waals surface area (Å²) in [5, 5.41) is 30.9. The Labute approximate surface area is 230 Å². The van der Waals surface area contributed by atoms with Gasteiger partial charge in [-0.3, -0.25) is 4.79 Å². The van der Waals surface area contributed by atoms with Gasteiger partial charge in [0.25, 0.3) is 0 Å². The number of hydrogen-bond donors (Lipinski definition) is 3. The number of nitrogens with zero attached hydrogens (tertiary/aromatic N) is 1. The summed E-state index contributed by atoms with van der Waals surface area (Å²) in [7, 11) is -4.12. The monoisotopic (exact) mass is 561 g/mol. The number of phenols is 2. The average Bonchev–Trinajstić information content (AvgIpc) is 3.47. The first-order valence-electron chi connectivity index (χ1n) is 13.6. The van der Waals surface area contributed by atoms with Crippen molar-refractivity contribution in [3.63, 3.8) is 0 Å². The highest BCUT2D eigenvalue weighted by Crippen LogP contribution is 2.37. The van der Waals surface area contributed by atoms with Crippen LogP contribution in [0.5, 0.6) is 11.5 Å². The van der Waals surface area contributed by atoms with Crippen molar-refractivity contribution in [2.75, 3.05) is 19.7 Å². The molecule has 2 aromatic rings. The SMILES string of the molecule is CC(C)CN(C[C@@H](O)[C@@H](CC(=O)OC1CC2CCO[C@@H]2C1)Cc1ccccc1)S(=O)(=O)c1ccc(O)c(O)c1. The van der Waals surface area contributed by atoms with Crippen molar-refractivity contribution in [3.8, 4) is 11.5 Å². The number of fused-ring (bicyclic) bond motifs is 1. The van der Waals surface area contributed by atoms with E-state index in [1.807, 2.05) is 44.2 Å². The second-order valence-corrected chi connectivity index (χ2v) is 13.1. The quantitative estimate of drug-likeness (QED) is 0.265. The standard InChI is InChI=1S/C29H39NO8S/c1-19(2)17-30(39(35,36)24-8-9-25(31)26(32)16-24)18-27(33)22(12-20-6-4-3-5-7-20)14-29(34)38-23-13-21-10-11-37-28(21)15-23/h3-9,16,19,21-23,27-28,31-33H,10-15,17-18H2,1-2H3/t21?,22-,23?,27-,28-/m1/s1. The molecule has 214 valence electrons. The van der Waals surface area contributed by atoms with Gasteiger partial charge in [-0.25, -0.2) is 8.42 Å². The van der Waals surface area contributed by atoms with E-state index >= 15 is 0 Å². The summed E-state index contributed by atoms with van der Waals surface area (Å²) >= 11 is 0. The molecule has 0 bridgehead atoms. The van der Waals surface area contributed by atoms with Crippen LogP contribution in [0.25, 0.3) is 0 Å². The number of benzene rings is 2. The average molecular weight is 562 g/mol. The molecule has 2 unspecified atom stereocenters. The summed E-state index contributed by atoms with van der Waals surface area (Å²) in [6.07, 6.45) is 1.52. The Morgan fingerprint density at radius 3 is 2.49 bits per heavy atom. The lowest BCUT2D eigenvalue weighted by molar-refractivity contribution is -0.151. The van der Waals surface area contributed by atoms with Crippen LogP contribution in [-0.2, 0) is 30.7 Å². The molecular formula is C29H39NO8S. The molecular weight excluding hydrogens is 522 g/mol. The summed E-state index contributed by atoms with van der Waals surface area (Å²) in [6, 6.07) is 12.8. The Kier molecular flexibility index (Phi) is 9.53. The number of rotatable bonds is 12. The molecule has 0 aromatic heterocycles. The maximum Gasteiger partial charge on any atom is 0.306 e. The molecule has 5 atom stereocenters. The minimum atomic E-state index is -4.12. The van der Waals surface area contributed by atoms with Crippen LogP contribution in [0.3, 0.4) is 0 Å². The maximum absolute atomic E-state index is 13.5. The fraction of sp³-hybridized carbons (Fsp3) is 0.552.